The number of rotatable bonds is 7. The number of imide groups is 2. The van der Waals surface area contributed by atoms with Gasteiger partial charge in [0.25, 0.3) is 17.5 Å². The first-order valence-corrected chi connectivity index (χ1v) is 11.9. The Hall–Kier alpha value is -4.81. The molecule has 13 heteroatoms. The van der Waals surface area contributed by atoms with Crippen LogP contribution in [0.5, 0.6) is 5.75 Å². The molecule has 0 spiro atoms. The molecule has 0 bridgehead atoms. The van der Waals surface area contributed by atoms with Crippen LogP contribution >= 0.6 is 0 Å². The van der Waals surface area contributed by atoms with E-state index in [9.17, 15) is 34.1 Å². The number of non-ortho nitro benzene ring substituents is 1. The molecule has 3 aliphatic rings. The van der Waals surface area contributed by atoms with Gasteiger partial charge in [-0.2, -0.15) is 0 Å². The fourth-order valence-corrected chi connectivity index (χ4v) is 4.69. The number of amides is 4. The summed E-state index contributed by atoms with van der Waals surface area (Å²) in [6.45, 7) is 1.43. The second-order valence-corrected chi connectivity index (χ2v) is 9.19. The standard InChI is InChI=1S/C25H22N4O9/c30-21-8-7-20(22(31)26-21)28-23(32)18-6-3-16(11-19(18)24(28)33)27-12-14(13-27)9-10-37-25(34)38-17-4-1-15(2-5-17)29(35)36/h1-6,11,14,20H,7-10,12-13H2,(H,26,30,31). The summed E-state index contributed by atoms with van der Waals surface area (Å²) in [5, 5.41) is 12.8. The fourth-order valence-electron chi connectivity index (χ4n) is 4.69. The number of nitro benzene ring substituents is 1. The summed E-state index contributed by atoms with van der Waals surface area (Å²) in [4.78, 5) is 74.4. The third kappa shape index (κ3) is 4.77. The van der Waals surface area contributed by atoms with Crippen LogP contribution in [0.15, 0.2) is 42.5 Å². The lowest BCUT2D eigenvalue weighted by Crippen LogP contribution is -2.54. The Morgan fingerprint density at radius 3 is 2.42 bits per heavy atom. The summed E-state index contributed by atoms with van der Waals surface area (Å²) in [6.07, 6.45) is -0.169. The van der Waals surface area contributed by atoms with E-state index in [1.807, 2.05) is 4.90 Å². The zero-order chi connectivity index (χ0) is 27.0. The third-order valence-electron chi connectivity index (χ3n) is 6.74. The van der Waals surface area contributed by atoms with Gasteiger partial charge in [0.05, 0.1) is 22.7 Å². The van der Waals surface area contributed by atoms with Crippen molar-refractivity contribution in [2.75, 3.05) is 24.6 Å². The minimum Gasteiger partial charge on any atom is -0.434 e. The molecule has 0 aliphatic carbocycles. The van der Waals surface area contributed by atoms with Crippen LogP contribution in [0.4, 0.5) is 16.2 Å². The van der Waals surface area contributed by atoms with Crippen LogP contribution in [0.3, 0.4) is 0 Å². The smallest absolute Gasteiger partial charge is 0.434 e. The van der Waals surface area contributed by atoms with Crippen LogP contribution in [0.2, 0.25) is 0 Å². The van der Waals surface area contributed by atoms with Gasteiger partial charge in [-0.1, -0.05) is 0 Å². The summed E-state index contributed by atoms with van der Waals surface area (Å²) in [5.41, 5.74) is 1.08. The highest BCUT2D eigenvalue weighted by atomic mass is 16.7. The number of anilines is 1. The molecule has 2 saturated heterocycles. The molecule has 38 heavy (non-hydrogen) atoms. The Bertz CT molecular complexity index is 1350. The van der Waals surface area contributed by atoms with Crippen molar-refractivity contribution in [3.05, 3.63) is 63.7 Å². The van der Waals surface area contributed by atoms with E-state index in [1.54, 1.807) is 18.2 Å². The van der Waals surface area contributed by atoms with E-state index in [4.69, 9.17) is 9.47 Å². The molecular formula is C25H22N4O9. The lowest BCUT2D eigenvalue weighted by molar-refractivity contribution is -0.384. The minimum absolute atomic E-state index is 0.0582. The van der Waals surface area contributed by atoms with Gasteiger partial charge in [-0.05, 0) is 49.1 Å². The topological polar surface area (TPSA) is 165 Å². The number of hydrogen-bond donors (Lipinski definition) is 1. The van der Waals surface area contributed by atoms with E-state index >= 15 is 0 Å². The number of benzene rings is 2. The van der Waals surface area contributed by atoms with Crippen molar-refractivity contribution in [3.63, 3.8) is 0 Å². The second-order valence-electron chi connectivity index (χ2n) is 9.19. The monoisotopic (exact) mass is 522 g/mol. The van der Waals surface area contributed by atoms with Crippen LogP contribution in [-0.4, -0.2) is 65.3 Å². The number of nitrogens with one attached hydrogen (secondary N) is 1. The zero-order valence-electron chi connectivity index (χ0n) is 20.0. The first kappa shape index (κ1) is 24.9. The summed E-state index contributed by atoms with van der Waals surface area (Å²) >= 11 is 0. The van der Waals surface area contributed by atoms with E-state index in [2.05, 4.69) is 5.32 Å². The van der Waals surface area contributed by atoms with Crippen molar-refractivity contribution in [2.45, 2.75) is 25.3 Å². The van der Waals surface area contributed by atoms with E-state index < -0.39 is 40.7 Å². The minimum atomic E-state index is -1.01. The molecular weight excluding hydrogens is 500 g/mol. The number of ether oxygens (including phenoxy) is 2. The van der Waals surface area contributed by atoms with Gasteiger partial charge in [-0.25, -0.2) is 4.79 Å². The van der Waals surface area contributed by atoms with Crippen molar-refractivity contribution < 1.29 is 38.4 Å². The largest absolute Gasteiger partial charge is 0.513 e. The molecule has 0 saturated carbocycles. The Morgan fingerprint density at radius 1 is 1.03 bits per heavy atom. The van der Waals surface area contributed by atoms with Gasteiger partial charge < -0.3 is 14.4 Å². The lowest BCUT2D eigenvalue weighted by atomic mass is 9.95. The van der Waals surface area contributed by atoms with E-state index in [-0.39, 0.29) is 47.9 Å². The highest BCUT2D eigenvalue weighted by Gasteiger charge is 2.45. The van der Waals surface area contributed by atoms with E-state index in [1.165, 1.54) is 24.3 Å². The van der Waals surface area contributed by atoms with Crippen molar-refractivity contribution in [1.29, 1.82) is 0 Å². The van der Waals surface area contributed by atoms with Crippen LogP contribution < -0.4 is 15.0 Å². The Morgan fingerprint density at radius 2 is 1.74 bits per heavy atom. The number of nitrogens with zero attached hydrogens (tertiary/aromatic N) is 3. The SMILES string of the molecule is O=C1CCC(N2C(=O)c3ccc(N4CC(CCOC(=O)Oc5ccc([N+](=O)[O-])cc5)C4)cc3C2=O)C(=O)N1. The van der Waals surface area contributed by atoms with Crippen molar-refractivity contribution >= 4 is 41.2 Å². The molecule has 1 N–H and O–H groups in total. The van der Waals surface area contributed by atoms with Gasteiger partial charge in [0.15, 0.2) is 0 Å². The summed E-state index contributed by atoms with van der Waals surface area (Å²) < 4.78 is 10.1. The molecule has 4 amide bonds. The van der Waals surface area contributed by atoms with Crippen LogP contribution in [0.1, 0.15) is 40.0 Å². The summed E-state index contributed by atoms with van der Waals surface area (Å²) in [6, 6.07) is 9.00. The summed E-state index contributed by atoms with van der Waals surface area (Å²) in [7, 11) is 0. The lowest BCUT2D eigenvalue weighted by Gasteiger charge is -2.41. The number of fused-ring (bicyclic) bond motifs is 1. The molecule has 0 aromatic heterocycles. The molecule has 2 aromatic rings. The van der Waals surface area contributed by atoms with Crippen LogP contribution in [-0.2, 0) is 14.3 Å². The number of nitro groups is 1. The first-order valence-electron chi connectivity index (χ1n) is 11.9. The first-order chi connectivity index (χ1) is 18.2. The quantitative estimate of drug-likeness (QED) is 0.187. The van der Waals surface area contributed by atoms with Gasteiger partial charge >= 0.3 is 6.16 Å². The number of carbonyl (C=O) groups is 5. The maximum atomic E-state index is 13.0. The molecule has 196 valence electrons. The van der Waals surface area contributed by atoms with E-state index in [0.717, 1.165) is 10.6 Å². The van der Waals surface area contributed by atoms with Gasteiger partial charge in [-0.15, -0.1) is 0 Å². The number of carbonyl (C=O) groups excluding carboxylic acids is 5. The molecule has 3 heterocycles. The number of piperidine rings is 1. The number of hydrogen-bond acceptors (Lipinski definition) is 10. The molecule has 5 rings (SSSR count). The predicted molar refractivity (Wildman–Crippen MR) is 129 cm³/mol. The fraction of sp³-hybridized carbons (Fsp3) is 0.320. The zero-order valence-corrected chi connectivity index (χ0v) is 20.0. The van der Waals surface area contributed by atoms with Crippen molar-refractivity contribution in [3.8, 4) is 5.75 Å². The second kappa shape index (κ2) is 9.92. The van der Waals surface area contributed by atoms with Crippen molar-refractivity contribution in [1.82, 2.24) is 10.2 Å². The molecule has 2 aromatic carbocycles. The van der Waals surface area contributed by atoms with Gasteiger partial charge in [-0.3, -0.25) is 39.5 Å². The van der Waals surface area contributed by atoms with Crippen LogP contribution in [0, 0.1) is 16.0 Å². The highest BCUT2D eigenvalue weighted by molar-refractivity contribution is 6.23. The Labute approximate surface area is 215 Å². The predicted octanol–water partition coefficient (Wildman–Crippen LogP) is 2.04. The Kier molecular flexibility index (Phi) is 6.49. The molecule has 1 atom stereocenters. The highest BCUT2D eigenvalue weighted by Crippen LogP contribution is 2.33. The summed E-state index contributed by atoms with van der Waals surface area (Å²) in [5.74, 6) is -1.82. The van der Waals surface area contributed by atoms with Gasteiger partial charge in [0, 0.05) is 37.3 Å². The molecule has 2 fully saturated rings. The van der Waals surface area contributed by atoms with Crippen molar-refractivity contribution in [2.24, 2.45) is 5.92 Å². The van der Waals surface area contributed by atoms with Gasteiger partial charge in [0.2, 0.25) is 11.8 Å². The average molecular weight is 522 g/mol. The average Bonchev–Trinajstić information content (AvgIpc) is 3.10. The molecule has 13 nitrogen and oxygen atoms in total. The Balaban J connectivity index is 1.10. The maximum Gasteiger partial charge on any atom is 0.513 e. The molecule has 3 aliphatic heterocycles. The normalized spacial score (nSPS) is 19.1. The third-order valence-corrected chi connectivity index (χ3v) is 6.74. The molecule has 0 radical (unpaired) electrons. The van der Waals surface area contributed by atoms with Gasteiger partial charge in [0.1, 0.15) is 11.8 Å². The van der Waals surface area contributed by atoms with E-state index in [0.29, 0.717) is 19.5 Å². The maximum absolute atomic E-state index is 13.0. The molecule has 1 unspecified atom stereocenters. The van der Waals surface area contributed by atoms with Crippen LogP contribution in [0.25, 0.3) is 0 Å².